The van der Waals surface area contributed by atoms with E-state index in [0.29, 0.717) is 19.3 Å². The maximum absolute atomic E-state index is 13.4. The van der Waals surface area contributed by atoms with Crippen LogP contribution in [0.15, 0.2) is 23.3 Å². The number of hydrogen-bond acceptors (Lipinski definition) is 5. The lowest BCUT2D eigenvalue weighted by molar-refractivity contribution is -0.143. The third-order valence-electron chi connectivity index (χ3n) is 8.13. The molecule has 0 saturated heterocycles. The second-order valence-electron chi connectivity index (χ2n) is 9.61. The molecular formula is C23H30O5. The van der Waals surface area contributed by atoms with E-state index in [1.54, 1.807) is 6.08 Å². The molecule has 3 fully saturated rings. The van der Waals surface area contributed by atoms with Crippen molar-refractivity contribution < 1.29 is 24.2 Å². The van der Waals surface area contributed by atoms with Crippen molar-refractivity contribution in [2.75, 3.05) is 6.61 Å². The van der Waals surface area contributed by atoms with Gasteiger partial charge in [0.1, 0.15) is 12.4 Å². The summed E-state index contributed by atoms with van der Waals surface area (Å²) < 4.78 is 5.06. The molecule has 0 amide bonds. The second kappa shape index (κ2) is 6.65. The predicted octanol–water partition coefficient (Wildman–Crippen LogP) is 3.16. The highest BCUT2D eigenvalue weighted by molar-refractivity contribution is 5.93. The largest absolute Gasteiger partial charge is 0.462 e. The Balaban J connectivity index is 1.67. The first-order chi connectivity index (χ1) is 13.2. The number of aliphatic hydroxyl groups excluding tert-OH is 1. The molecule has 0 aliphatic heterocycles. The minimum atomic E-state index is -0.588. The number of aliphatic hydroxyl groups is 1. The summed E-state index contributed by atoms with van der Waals surface area (Å²) in [5.41, 5.74) is 1.42. The van der Waals surface area contributed by atoms with Crippen LogP contribution in [0.4, 0.5) is 0 Å². The summed E-state index contributed by atoms with van der Waals surface area (Å²) in [4.78, 5) is 36.5. The normalized spacial score (nSPS) is 43.9. The molecule has 152 valence electrons. The van der Waals surface area contributed by atoms with Crippen LogP contribution in [0.2, 0.25) is 0 Å². The van der Waals surface area contributed by atoms with Crippen molar-refractivity contribution in [3.05, 3.63) is 23.3 Å². The zero-order chi connectivity index (χ0) is 20.3. The van der Waals surface area contributed by atoms with Crippen LogP contribution in [-0.2, 0) is 19.1 Å². The lowest BCUT2D eigenvalue weighted by Crippen LogP contribution is -2.54. The summed E-state index contributed by atoms with van der Waals surface area (Å²) in [6.45, 7) is 5.77. The number of carbonyl (C=O) groups excluding carboxylic acids is 3. The van der Waals surface area contributed by atoms with E-state index in [2.05, 4.69) is 13.8 Å². The molecule has 4 aliphatic carbocycles. The van der Waals surface area contributed by atoms with Gasteiger partial charge in [0.25, 0.3) is 0 Å². The predicted molar refractivity (Wildman–Crippen MR) is 103 cm³/mol. The van der Waals surface area contributed by atoms with Crippen LogP contribution >= 0.6 is 0 Å². The highest BCUT2D eigenvalue weighted by atomic mass is 16.5. The van der Waals surface area contributed by atoms with E-state index in [4.69, 9.17) is 4.74 Å². The number of rotatable bonds is 2. The minimum absolute atomic E-state index is 0.0568. The molecule has 4 aliphatic rings. The fraction of sp³-hybridized carbons (Fsp3) is 0.696. The smallest absolute Gasteiger partial charge is 0.302 e. The van der Waals surface area contributed by atoms with Gasteiger partial charge in [-0.1, -0.05) is 19.4 Å². The molecule has 0 bridgehead atoms. The summed E-state index contributed by atoms with van der Waals surface area (Å²) in [6.07, 6.45) is 7.14. The Morgan fingerprint density at radius 1 is 1.29 bits per heavy atom. The third kappa shape index (κ3) is 2.81. The fourth-order valence-electron chi connectivity index (χ4n) is 6.87. The van der Waals surface area contributed by atoms with E-state index in [9.17, 15) is 19.5 Å². The molecule has 28 heavy (non-hydrogen) atoms. The van der Waals surface area contributed by atoms with Crippen LogP contribution < -0.4 is 0 Å². The molecule has 0 aromatic carbocycles. The molecule has 4 rings (SSSR count). The fourth-order valence-corrected chi connectivity index (χ4v) is 6.87. The van der Waals surface area contributed by atoms with Gasteiger partial charge in [-0.15, -0.1) is 0 Å². The van der Waals surface area contributed by atoms with Crippen LogP contribution in [0, 0.1) is 28.6 Å². The SMILES string of the molecule is CC(=O)OCC=C1C(O)C[C@H]2[C@@H]3CCC4=CC(=O)CC[C@]4(C)[C@H]3C(=O)C[C@]12C. The topological polar surface area (TPSA) is 80.7 Å². The van der Waals surface area contributed by atoms with Gasteiger partial charge in [-0.05, 0) is 60.7 Å². The summed E-state index contributed by atoms with van der Waals surface area (Å²) in [7, 11) is 0. The molecule has 3 saturated carbocycles. The van der Waals surface area contributed by atoms with Gasteiger partial charge in [0.05, 0.1) is 6.10 Å². The number of ether oxygens (including phenoxy) is 1. The number of fused-ring (bicyclic) bond motifs is 5. The van der Waals surface area contributed by atoms with Gasteiger partial charge in [-0.25, -0.2) is 0 Å². The monoisotopic (exact) mass is 386 g/mol. The first kappa shape index (κ1) is 19.6. The maximum atomic E-state index is 13.4. The first-order valence-corrected chi connectivity index (χ1v) is 10.5. The number of ketones is 2. The number of Topliss-reactive ketones (excluding diaryl/α,β-unsaturated/α-hetero) is 1. The number of esters is 1. The number of carbonyl (C=O) groups is 3. The van der Waals surface area contributed by atoms with Gasteiger partial charge in [0.15, 0.2) is 5.78 Å². The summed E-state index contributed by atoms with van der Waals surface area (Å²) in [5, 5.41) is 10.8. The minimum Gasteiger partial charge on any atom is -0.462 e. The molecule has 0 aromatic heterocycles. The highest BCUT2D eigenvalue weighted by Gasteiger charge is 2.62. The Labute approximate surface area is 166 Å². The van der Waals surface area contributed by atoms with Crippen molar-refractivity contribution in [1.29, 1.82) is 0 Å². The molecule has 0 heterocycles. The Bertz CT molecular complexity index is 793. The van der Waals surface area contributed by atoms with Crippen LogP contribution in [0.25, 0.3) is 0 Å². The van der Waals surface area contributed by atoms with Crippen molar-refractivity contribution in [2.45, 2.75) is 65.4 Å². The first-order valence-electron chi connectivity index (χ1n) is 10.5. The molecule has 0 aromatic rings. The molecule has 1 unspecified atom stereocenters. The van der Waals surface area contributed by atoms with Gasteiger partial charge in [-0.3, -0.25) is 14.4 Å². The number of allylic oxidation sites excluding steroid dienone is 1. The molecular weight excluding hydrogens is 356 g/mol. The van der Waals surface area contributed by atoms with E-state index in [0.717, 1.165) is 30.4 Å². The van der Waals surface area contributed by atoms with Crippen LogP contribution in [0.5, 0.6) is 0 Å². The third-order valence-corrected chi connectivity index (χ3v) is 8.13. The van der Waals surface area contributed by atoms with Crippen LogP contribution in [0.1, 0.15) is 59.3 Å². The zero-order valence-electron chi connectivity index (χ0n) is 17.0. The molecule has 6 atom stereocenters. The Morgan fingerprint density at radius 3 is 2.75 bits per heavy atom. The Hall–Kier alpha value is -1.75. The lowest BCUT2D eigenvalue weighted by Gasteiger charge is -2.56. The van der Waals surface area contributed by atoms with E-state index in [-0.39, 0.29) is 52.7 Å². The Kier molecular flexibility index (Phi) is 4.65. The van der Waals surface area contributed by atoms with Crippen LogP contribution in [0.3, 0.4) is 0 Å². The quantitative estimate of drug-likeness (QED) is 0.582. The molecule has 5 heteroatoms. The van der Waals surface area contributed by atoms with Crippen molar-refractivity contribution in [3.8, 4) is 0 Å². The molecule has 1 N–H and O–H groups in total. The van der Waals surface area contributed by atoms with Gasteiger partial charge in [0.2, 0.25) is 0 Å². The maximum Gasteiger partial charge on any atom is 0.302 e. The van der Waals surface area contributed by atoms with Crippen molar-refractivity contribution in [2.24, 2.45) is 28.6 Å². The molecule has 0 radical (unpaired) electrons. The van der Waals surface area contributed by atoms with Gasteiger partial charge in [0, 0.05) is 31.1 Å². The van der Waals surface area contributed by atoms with Gasteiger partial charge < -0.3 is 9.84 Å². The van der Waals surface area contributed by atoms with E-state index in [1.165, 1.54) is 6.92 Å². The zero-order valence-corrected chi connectivity index (χ0v) is 17.0. The van der Waals surface area contributed by atoms with Gasteiger partial charge in [-0.2, -0.15) is 0 Å². The summed E-state index contributed by atoms with van der Waals surface area (Å²) >= 11 is 0. The number of hydrogen-bond donors (Lipinski definition) is 1. The average Bonchev–Trinajstić information content (AvgIpc) is 2.85. The second-order valence-corrected chi connectivity index (χ2v) is 9.61. The van der Waals surface area contributed by atoms with Crippen molar-refractivity contribution in [1.82, 2.24) is 0 Å². The van der Waals surface area contributed by atoms with E-state index >= 15 is 0 Å². The molecule has 5 nitrogen and oxygen atoms in total. The average molecular weight is 386 g/mol. The summed E-state index contributed by atoms with van der Waals surface area (Å²) in [5.74, 6) is 0.515. The standard InChI is InChI=1S/C23H30O5/c1-13(24)28-9-7-17-19(26)11-18-16-5-4-14-10-15(25)6-8-22(14,2)21(16)20(27)12-23(17,18)3/h7,10,16,18-19,21,26H,4-6,8-9,11-12H2,1-3H3/t16-,18-,19?,21+,22-,23+/m0/s1. The molecule has 0 spiro atoms. The van der Waals surface area contributed by atoms with Gasteiger partial charge >= 0.3 is 5.97 Å². The van der Waals surface area contributed by atoms with E-state index in [1.807, 2.05) is 6.08 Å². The lowest BCUT2D eigenvalue weighted by atomic mass is 9.47. The summed E-state index contributed by atoms with van der Waals surface area (Å²) in [6, 6.07) is 0. The Morgan fingerprint density at radius 2 is 2.04 bits per heavy atom. The van der Waals surface area contributed by atoms with Crippen molar-refractivity contribution >= 4 is 17.5 Å². The van der Waals surface area contributed by atoms with Crippen molar-refractivity contribution in [3.63, 3.8) is 0 Å². The van der Waals surface area contributed by atoms with E-state index < -0.39 is 6.10 Å². The van der Waals surface area contributed by atoms with Crippen LogP contribution in [-0.4, -0.2) is 35.4 Å². The highest BCUT2D eigenvalue weighted by Crippen LogP contribution is 2.65.